The summed E-state index contributed by atoms with van der Waals surface area (Å²) in [6.07, 6.45) is 4.53. The molecule has 0 saturated carbocycles. The maximum absolute atomic E-state index is 6.84. The third-order valence-corrected chi connectivity index (χ3v) is 17.6. The summed E-state index contributed by atoms with van der Waals surface area (Å²) in [6, 6.07) is 47.7. The summed E-state index contributed by atoms with van der Waals surface area (Å²) in [6.45, 7) is 23.0. The van der Waals surface area contributed by atoms with Crippen LogP contribution in [0.2, 0.25) is 0 Å². The molecular weight excluding hydrogens is 880 g/mol. The third kappa shape index (κ3) is 6.07. The first kappa shape index (κ1) is 43.6. The van der Waals surface area contributed by atoms with E-state index in [4.69, 9.17) is 24.7 Å². The number of nitrogens with zero attached hydrogens (tertiary/aromatic N) is 7. The Morgan fingerprint density at radius 1 is 0.403 bits per heavy atom. The van der Waals surface area contributed by atoms with E-state index in [1.54, 1.807) is 0 Å². The number of para-hydroxylation sites is 3. The van der Waals surface area contributed by atoms with Crippen LogP contribution < -0.4 is 52.2 Å². The van der Waals surface area contributed by atoms with Gasteiger partial charge in [-0.3, -0.25) is 14.7 Å². The van der Waals surface area contributed by atoms with E-state index in [1.807, 2.05) is 13.8 Å². The predicted octanol–water partition coefficient (Wildman–Crippen LogP) is 11.1. The van der Waals surface area contributed by atoms with Crippen LogP contribution in [0.5, 0.6) is 11.6 Å². The second-order valence-electron chi connectivity index (χ2n) is 24.0. The van der Waals surface area contributed by atoms with E-state index < -0.39 is 0 Å². The average Bonchev–Trinajstić information content (AvgIpc) is 3.36. The van der Waals surface area contributed by atoms with E-state index >= 15 is 0 Å². The lowest BCUT2D eigenvalue weighted by atomic mass is 9.31. The second kappa shape index (κ2) is 14.7. The summed E-state index contributed by atoms with van der Waals surface area (Å²) in [4.78, 5) is 28.8. The summed E-state index contributed by atoms with van der Waals surface area (Å²) in [7, 11) is 0. The molecule has 6 heterocycles. The van der Waals surface area contributed by atoms with Crippen molar-refractivity contribution in [3.8, 4) is 11.6 Å². The molecule has 14 rings (SSSR count). The van der Waals surface area contributed by atoms with Gasteiger partial charge in [0.25, 0.3) is 13.4 Å². The molecule has 8 aromatic rings. The largest absolute Gasteiger partial charge is 0.440 e. The molecule has 2 aromatic heterocycles. The van der Waals surface area contributed by atoms with Gasteiger partial charge >= 0.3 is 0 Å². The van der Waals surface area contributed by atoms with E-state index in [0.29, 0.717) is 11.7 Å². The Morgan fingerprint density at radius 3 is 1.44 bits per heavy atom. The molecule has 0 radical (unpaired) electrons. The lowest BCUT2D eigenvalue weighted by Crippen LogP contribution is -2.65. The van der Waals surface area contributed by atoms with Gasteiger partial charge in [-0.25, -0.2) is 15.0 Å². The lowest BCUT2D eigenvalue weighted by Gasteiger charge is -2.46. The Hall–Kier alpha value is -7.19. The van der Waals surface area contributed by atoms with Crippen molar-refractivity contribution in [2.45, 2.75) is 117 Å². The highest BCUT2D eigenvalue weighted by Crippen LogP contribution is 2.52. The molecule has 0 bridgehead atoms. The van der Waals surface area contributed by atoms with E-state index in [0.717, 1.165) is 105 Å². The molecular formula is C62H59B2N7O. The van der Waals surface area contributed by atoms with Gasteiger partial charge in [0.1, 0.15) is 34.9 Å². The fourth-order valence-corrected chi connectivity index (χ4v) is 13.6. The van der Waals surface area contributed by atoms with Crippen molar-refractivity contribution in [1.82, 2.24) is 19.9 Å². The van der Waals surface area contributed by atoms with Crippen molar-refractivity contribution in [1.29, 1.82) is 0 Å². The minimum atomic E-state index is -0.194. The smallest absolute Gasteiger partial charge is 0.260 e. The molecule has 6 aliphatic rings. The number of aryl methyl sites for hydroxylation is 2. The topological polar surface area (TPSA) is 70.5 Å². The summed E-state index contributed by atoms with van der Waals surface area (Å²) in [5.41, 5.74) is 19.2. The van der Waals surface area contributed by atoms with Crippen LogP contribution in [-0.4, -0.2) is 33.4 Å². The summed E-state index contributed by atoms with van der Waals surface area (Å²) >= 11 is 0. The molecule has 0 atom stereocenters. The van der Waals surface area contributed by atoms with Crippen LogP contribution >= 0.6 is 0 Å². The van der Waals surface area contributed by atoms with Crippen molar-refractivity contribution < 1.29 is 4.74 Å². The molecule has 354 valence electrons. The summed E-state index contributed by atoms with van der Waals surface area (Å²) < 4.78 is 6.84. The molecule has 2 aliphatic carbocycles. The Labute approximate surface area is 424 Å². The molecule has 72 heavy (non-hydrogen) atoms. The Bertz CT molecular complexity index is 3660. The first-order valence-electron chi connectivity index (χ1n) is 26.1. The Kier molecular flexibility index (Phi) is 8.91. The van der Waals surface area contributed by atoms with Crippen LogP contribution in [0.3, 0.4) is 0 Å². The van der Waals surface area contributed by atoms with Crippen molar-refractivity contribution in [3.05, 3.63) is 161 Å². The van der Waals surface area contributed by atoms with Crippen molar-refractivity contribution in [3.63, 3.8) is 0 Å². The van der Waals surface area contributed by atoms with Crippen molar-refractivity contribution in [2.75, 3.05) is 14.7 Å². The van der Waals surface area contributed by atoms with Crippen LogP contribution in [0, 0.1) is 13.8 Å². The van der Waals surface area contributed by atoms with Crippen molar-refractivity contribution in [2.24, 2.45) is 0 Å². The first-order chi connectivity index (χ1) is 34.5. The Morgan fingerprint density at radius 2 is 0.861 bits per heavy atom. The predicted molar refractivity (Wildman–Crippen MR) is 298 cm³/mol. The van der Waals surface area contributed by atoms with Gasteiger partial charge in [-0.2, -0.15) is 4.98 Å². The van der Waals surface area contributed by atoms with Crippen molar-refractivity contribution >= 4 is 97.8 Å². The molecule has 0 amide bonds. The number of hydrogen-bond acceptors (Lipinski definition) is 8. The van der Waals surface area contributed by atoms with Gasteiger partial charge in [0, 0.05) is 45.0 Å². The van der Waals surface area contributed by atoms with Crippen LogP contribution in [0.15, 0.2) is 127 Å². The zero-order chi connectivity index (χ0) is 49.4. The fourth-order valence-electron chi connectivity index (χ4n) is 13.6. The fraction of sp³-hybridized carbons (Fsp3) is 0.290. The molecule has 0 spiro atoms. The highest BCUT2D eigenvalue weighted by atomic mass is 16.5. The number of benzene rings is 6. The highest BCUT2D eigenvalue weighted by Gasteiger charge is 2.50. The number of ether oxygens (including phenoxy) is 1. The second-order valence-corrected chi connectivity index (χ2v) is 24.0. The summed E-state index contributed by atoms with van der Waals surface area (Å²) in [5.74, 6) is 5.53. The van der Waals surface area contributed by atoms with Crippen LogP contribution in [-0.2, 0) is 21.7 Å². The third-order valence-electron chi connectivity index (χ3n) is 17.6. The summed E-state index contributed by atoms with van der Waals surface area (Å²) in [5, 5.41) is 0. The van der Waals surface area contributed by atoms with Gasteiger partial charge in [0.05, 0.1) is 0 Å². The number of aromatic nitrogens is 4. The Balaban J connectivity index is 1.11. The van der Waals surface area contributed by atoms with E-state index in [-0.39, 0.29) is 35.1 Å². The minimum Gasteiger partial charge on any atom is -0.440 e. The van der Waals surface area contributed by atoms with E-state index in [1.165, 1.54) is 38.6 Å². The van der Waals surface area contributed by atoms with Gasteiger partial charge in [0.15, 0.2) is 0 Å². The normalized spacial score (nSPS) is 18.3. The molecule has 4 aliphatic heterocycles. The first-order valence-corrected chi connectivity index (χ1v) is 26.1. The van der Waals surface area contributed by atoms with Crippen LogP contribution in [0.25, 0.3) is 0 Å². The zero-order valence-corrected chi connectivity index (χ0v) is 43.1. The van der Waals surface area contributed by atoms with E-state index in [2.05, 4.69) is 197 Å². The maximum Gasteiger partial charge on any atom is 0.260 e. The van der Waals surface area contributed by atoms with Crippen LogP contribution in [0.4, 0.5) is 51.6 Å². The molecule has 6 aromatic carbocycles. The highest BCUT2D eigenvalue weighted by molar-refractivity contribution is 7.02. The molecule has 0 saturated heterocycles. The van der Waals surface area contributed by atoms with Gasteiger partial charge in [-0.05, 0) is 160 Å². The van der Waals surface area contributed by atoms with Gasteiger partial charge in [0.2, 0.25) is 5.88 Å². The molecule has 0 fully saturated rings. The van der Waals surface area contributed by atoms with Gasteiger partial charge in [-0.1, -0.05) is 128 Å². The van der Waals surface area contributed by atoms with E-state index in [9.17, 15) is 0 Å². The number of hydrogen-bond donors (Lipinski definition) is 0. The lowest BCUT2D eigenvalue weighted by molar-refractivity contribution is 0.332. The monoisotopic (exact) mass is 939 g/mol. The van der Waals surface area contributed by atoms with Crippen LogP contribution in [0.1, 0.15) is 115 Å². The molecule has 0 N–H and O–H groups in total. The quantitative estimate of drug-likeness (QED) is 0.162. The molecule has 10 heteroatoms. The number of rotatable bonds is 3. The van der Waals surface area contributed by atoms with Gasteiger partial charge < -0.3 is 4.74 Å². The zero-order valence-electron chi connectivity index (χ0n) is 43.1. The van der Waals surface area contributed by atoms with Gasteiger partial charge in [-0.15, -0.1) is 0 Å². The number of fused-ring (bicyclic) bond motifs is 10. The maximum atomic E-state index is 6.84. The SMILES string of the molecule is Cc1nc2c3c(n1)N(c1ccc4c(c1)C(C)(C)CCC4(C)C)c1cc4c(cc1B3c1ccccc1O2)B1c2ccccc2N(c2ccccc2)c2nc(C)nc(c21)N4c1ccc2c(c1)C(C)(C)CCC2(C)C. The average molecular weight is 940 g/mol. The molecule has 8 nitrogen and oxygen atoms in total. The molecule has 0 unspecified atom stereocenters. The standard InChI is InChI=1S/C62H59B2N7O/c1-36-65-55-53-56(66-36)70(39-24-26-41-43(32-39)61(7,8)30-28-59(41,3)4)50-35-51-48(34-47(50)63(53)45-20-14-16-22-49(45)69(55)38-18-12-11-13-19-38)64-46-21-15-17-23-52(46)72-58-54(64)57(67-37(2)68-58)71(51)40-25-27-42-44(33-40)62(9,10)31-29-60(42,5)6/h11-27,32-35H,28-31H2,1-10H3. The number of anilines is 9. The minimum absolute atomic E-state index is 0.00644.